The number of thiazole rings is 1. The summed E-state index contributed by atoms with van der Waals surface area (Å²) in [5.41, 5.74) is 2.23. The molecule has 0 spiro atoms. The number of ether oxygens (including phenoxy) is 1. The van der Waals surface area contributed by atoms with Crippen LogP contribution in [0.25, 0.3) is 5.69 Å². The number of aryl methyl sites for hydroxylation is 1. The van der Waals surface area contributed by atoms with Gasteiger partial charge in [-0.15, -0.1) is 11.3 Å². The Morgan fingerprint density at radius 1 is 1.35 bits per heavy atom. The predicted molar refractivity (Wildman–Crippen MR) is 101 cm³/mol. The first-order valence-corrected chi connectivity index (χ1v) is 9.44. The van der Waals surface area contributed by atoms with Crippen LogP contribution in [-0.4, -0.2) is 27.8 Å². The Hall–Kier alpha value is -2.67. The van der Waals surface area contributed by atoms with Gasteiger partial charge in [-0.1, -0.05) is 25.1 Å². The first kappa shape index (κ1) is 16.8. The zero-order chi connectivity index (χ0) is 18.1. The van der Waals surface area contributed by atoms with Gasteiger partial charge in [0.1, 0.15) is 0 Å². The fourth-order valence-electron chi connectivity index (χ4n) is 3.13. The number of fused-ring (bicyclic) bond motifs is 1. The Bertz CT molecular complexity index is 932. The summed E-state index contributed by atoms with van der Waals surface area (Å²) in [5.74, 6) is 0.796. The highest BCUT2D eigenvalue weighted by Crippen LogP contribution is 2.32. The average Bonchev–Trinajstić information content (AvgIpc) is 3.25. The first-order valence-electron chi connectivity index (χ1n) is 8.63. The van der Waals surface area contributed by atoms with Gasteiger partial charge in [0.2, 0.25) is 0 Å². The Labute approximate surface area is 155 Å². The molecule has 1 aromatic carbocycles. The van der Waals surface area contributed by atoms with Crippen molar-refractivity contribution in [2.75, 3.05) is 12.4 Å². The maximum atomic E-state index is 12.7. The van der Waals surface area contributed by atoms with Gasteiger partial charge >= 0.3 is 0 Å². The van der Waals surface area contributed by atoms with Gasteiger partial charge in [-0.3, -0.25) is 10.1 Å². The fourth-order valence-corrected chi connectivity index (χ4v) is 4.29. The smallest absolute Gasteiger partial charge is 0.281 e. The van der Waals surface area contributed by atoms with Crippen molar-refractivity contribution in [1.82, 2.24) is 14.8 Å². The Balaban J connectivity index is 1.58. The molecule has 3 aromatic rings. The van der Waals surface area contributed by atoms with Gasteiger partial charge in [-0.2, -0.15) is 5.10 Å². The molecule has 0 fully saturated rings. The van der Waals surface area contributed by atoms with E-state index in [4.69, 9.17) is 4.74 Å². The molecule has 0 radical (unpaired) electrons. The number of anilines is 1. The topological polar surface area (TPSA) is 69.0 Å². The number of rotatable bonds is 4. The summed E-state index contributed by atoms with van der Waals surface area (Å²) in [6, 6.07) is 9.62. The SMILES string of the molecule is COc1cn(-c2ccccc2)nc1C(=O)Nc1nc2c(s1)CC(C)CC2. The third-order valence-electron chi connectivity index (χ3n) is 4.54. The number of carbonyl (C=O) groups is 1. The van der Waals surface area contributed by atoms with Crippen LogP contribution in [0.15, 0.2) is 36.5 Å². The maximum absolute atomic E-state index is 12.7. The number of para-hydroxylation sites is 1. The molecular weight excluding hydrogens is 348 g/mol. The lowest BCUT2D eigenvalue weighted by Gasteiger charge is -2.15. The number of aromatic nitrogens is 3. The van der Waals surface area contributed by atoms with E-state index in [9.17, 15) is 4.79 Å². The summed E-state index contributed by atoms with van der Waals surface area (Å²) < 4.78 is 6.98. The van der Waals surface area contributed by atoms with Crippen molar-refractivity contribution in [2.45, 2.75) is 26.2 Å². The number of nitrogens with zero attached hydrogens (tertiary/aromatic N) is 3. The van der Waals surface area contributed by atoms with Crippen molar-refractivity contribution >= 4 is 22.4 Å². The summed E-state index contributed by atoms with van der Waals surface area (Å²) in [7, 11) is 1.53. The minimum Gasteiger partial charge on any atom is -0.493 e. The summed E-state index contributed by atoms with van der Waals surface area (Å²) in [4.78, 5) is 18.6. The van der Waals surface area contributed by atoms with Crippen LogP contribution in [0.5, 0.6) is 5.75 Å². The molecule has 134 valence electrons. The van der Waals surface area contributed by atoms with Crippen molar-refractivity contribution in [3.63, 3.8) is 0 Å². The van der Waals surface area contributed by atoms with E-state index < -0.39 is 0 Å². The predicted octanol–water partition coefficient (Wildman–Crippen LogP) is 3.71. The summed E-state index contributed by atoms with van der Waals surface area (Å²) >= 11 is 1.56. The van der Waals surface area contributed by atoms with Crippen LogP contribution in [0.4, 0.5) is 5.13 Å². The maximum Gasteiger partial charge on any atom is 0.281 e. The molecule has 26 heavy (non-hydrogen) atoms. The molecule has 0 bridgehead atoms. The average molecular weight is 368 g/mol. The molecule has 2 heterocycles. The minimum absolute atomic E-state index is 0.248. The molecule has 2 aromatic heterocycles. The molecule has 7 heteroatoms. The van der Waals surface area contributed by atoms with E-state index in [1.807, 2.05) is 30.3 Å². The van der Waals surface area contributed by atoms with E-state index >= 15 is 0 Å². The second-order valence-corrected chi connectivity index (χ2v) is 7.60. The molecular formula is C19H20N4O2S. The van der Waals surface area contributed by atoms with E-state index in [1.165, 1.54) is 12.0 Å². The second kappa shape index (κ2) is 6.92. The van der Waals surface area contributed by atoms with Gasteiger partial charge < -0.3 is 4.74 Å². The zero-order valence-electron chi connectivity index (χ0n) is 14.7. The summed E-state index contributed by atoms with van der Waals surface area (Å²) in [6.45, 7) is 2.25. The Kier molecular flexibility index (Phi) is 4.46. The van der Waals surface area contributed by atoms with Gasteiger partial charge in [0.15, 0.2) is 16.6 Å². The lowest BCUT2D eigenvalue weighted by Crippen LogP contribution is -2.14. The van der Waals surface area contributed by atoms with E-state index in [0.29, 0.717) is 16.8 Å². The number of amides is 1. The molecule has 6 nitrogen and oxygen atoms in total. The molecule has 1 N–H and O–H groups in total. The number of hydrogen-bond acceptors (Lipinski definition) is 5. The van der Waals surface area contributed by atoms with Crippen molar-refractivity contribution in [3.05, 3.63) is 52.8 Å². The monoisotopic (exact) mass is 368 g/mol. The largest absolute Gasteiger partial charge is 0.493 e. The van der Waals surface area contributed by atoms with Gasteiger partial charge in [0.05, 0.1) is 24.7 Å². The van der Waals surface area contributed by atoms with Gasteiger partial charge in [0, 0.05) is 4.88 Å². The van der Waals surface area contributed by atoms with Crippen LogP contribution in [0.1, 0.15) is 34.4 Å². The highest BCUT2D eigenvalue weighted by atomic mass is 32.1. The number of benzene rings is 1. The van der Waals surface area contributed by atoms with Crippen molar-refractivity contribution in [3.8, 4) is 11.4 Å². The van der Waals surface area contributed by atoms with Gasteiger partial charge in [0.25, 0.3) is 5.91 Å². The molecule has 0 saturated carbocycles. The number of nitrogens with one attached hydrogen (secondary N) is 1. The van der Waals surface area contributed by atoms with Crippen LogP contribution < -0.4 is 10.1 Å². The number of methoxy groups -OCH3 is 1. The molecule has 4 rings (SSSR count). The second-order valence-electron chi connectivity index (χ2n) is 6.52. The molecule has 1 unspecified atom stereocenters. The molecule has 0 saturated heterocycles. The van der Waals surface area contributed by atoms with E-state index in [-0.39, 0.29) is 11.6 Å². The zero-order valence-corrected chi connectivity index (χ0v) is 15.5. The van der Waals surface area contributed by atoms with Crippen LogP contribution in [-0.2, 0) is 12.8 Å². The molecule has 1 atom stereocenters. The first-order chi connectivity index (χ1) is 12.6. The molecule has 1 aliphatic carbocycles. The van der Waals surface area contributed by atoms with Crippen LogP contribution >= 0.6 is 11.3 Å². The highest BCUT2D eigenvalue weighted by molar-refractivity contribution is 7.15. The Morgan fingerprint density at radius 3 is 2.92 bits per heavy atom. The number of carbonyl (C=O) groups excluding carboxylic acids is 1. The van der Waals surface area contributed by atoms with E-state index in [0.717, 1.165) is 30.6 Å². The van der Waals surface area contributed by atoms with Crippen LogP contribution in [0, 0.1) is 5.92 Å². The van der Waals surface area contributed by atoms with Gasteiger partial charge in [-0.25, -0.2) is 9.67 Å². The number of hydrogen-bond donors (Lipinski definition) is 1. The fraction of sp³-hybridized carbons (Fsp3) is 0.316. The van der Waals surface area contributed by atoms with E-state index in [1.54, 1.807) is 22.2 Å². The molecule has 1 amide bonds. The summed E-state index contributed by atoms with van der Waals surface area (Å²) in [6.07, 6.45) is 4.88. The van der Waals surface area contributed by atoms with Crippen LogP contribution in [0.3, 0.4) is 0 Å². The van der Waals surface area contributed by atoms with Gasteiger partial charge in [-0.05, 0) is 37.3 Å². The van der Waals surface area contributed by atoms with Crippen LogP contribution in [0.2, 0.25) is 0 Å². The minimum atomic E-state index is -0.310. The normalized spacial score (nSPS) is 16.2. The lowest BCUT2D eigenvalue weighted by atomic mass is 9.93. The molecule has 0 aliphatic heterocycles. The molecule has 1 aliphatic rings. The standard InChI is InChI=1S/C19H20N4O2S/c1-12-8-9-14-16(10-12)26-19(20-14)21-18(24)17-15(25-2)11-23(22-17)13-6-4-3-5-7-13/h3-7,11-12H,8-10H2,1-2H3,(H,20,21,24). The third-order valence-corrected chi connectivity index (χ3v) is 5.58. The summed E-state index contributed by atoms with van der Waals surface area (Å²) in [5, 5.41) is 7.91. The quantitative estimate of drug-likeness (QED) is 0.762. The lowest BCUT2D eigenvalue weighted by molar-refractivity contribution is 0.101. The Morgan fingerprint density at radius 2 is 2.15 bits per heavy atom. The van der Waals surface area contributed by atoms with E-state index in [2.05, 4.69) is 22.3 Å². The van der Waals surface area contributed by atoms with Crippen molar-refractivity contribution < 1.29 is 9.53 Å². The van der Waals surface area contributed by atoms with Crippen molar-refractivity contribution in [1.29, 1.82) is 0 Å². The van der Waals surface area contributed by atoms with Crippen molar-refractivity contribution in [2.24, 2.45) is 5.92 Å². The highest BCUT2D eigenvalue weighted by Gasteiger charge is 2.23. The third kappa shape index (κ3) is 3.22.